The SMILES string of the molecule is CC(C[NH+]1CCCCC1)OC(=O)c1ccccc1F. The molecule has 3 nitrogen and oxygen atoms in total. The summed E-state index contributed by atoms with van der Waals surface area (Å²) >= 11 is 0. The Balaban J connectivity index is 1.86. The second-order valence-electron chi connectivity index (χ2n) is 5.21. The average molecular weight is 266 g/mol. The van der Waals surface area contributed by atoms with E-state index >= 15 is 0 Å². The minimum absolute atomic E-state index is 0.0167. The summed E-state index contributed by atoms with van der Waals surface area (Å²) in [7, 11) is 0. The number of quaternary nitrogens is 1. The predicted octanol–water partition coefficient (Wildman–Crippen LogP) is 1.44. The maximum Gasteiger partial charge on any atom is 0.341 e. The fourth-order valence-corrected chi connectivity index (χ4v) is 2.58. The predicted molar refractivity (Wildman–Crippen MR) is 70.7 cm³/mol. The van der Waals surface area contributed by atoms with Crippen molar-refractivity contribution in [1.29, 1.82) is 0 Å². The molecule has 1 aromatic carbocycles. The van der Waals surface area contributed by atoms with Gasteiger partial charge in [0.05, 0.1) is 18.7 Å². The van der Waals surface area contributed by atoms with E-state index in [1.807, 2.05) is 6.92 Å². The van der Waals surface area contributed by atoms with Crippen molar-refractivity contribution in [3.05, 3.63) is 35.6 Å². The van der Waals surface area contributed by atoms with Gasteiger partial charge in [0.25, 0.3) is 0 Å². The highest BCUT2D eigenvalue weighted by Gasteiger charge is 2.21. The van der Waals surface area contributed by atoms with E-state index < -0.39 is 11.8 Å². The Hall–Kier alpha value is -1.42. The Bertz CT molecular complexity index is 430. The summed E-state index contributed by atoms with van der Waals surface area (Å²) in [5.41, 5.74) is 0.0167. The number of hydrogen-bond donors (Lipinski definition) is 1. The lowest BCUT2D eigenvalue weighted by Crippen LogP contribution is -3.13. The van der Waals surface area contributed by atoms with Crippen LogP contribution in [0, 0.1) is 5.82 Å². The fraction of sp³-hybridized carbons (Fsp3) is 0.533. The Labute approximate surface area is 113 Å². The van der Waals surface area contributed by atoms with Crippen LogP contribution in [0.2, 0.25) is 0 Å². The van der Waals surface area contributed by atoms with Gasteiger partial charge in [-0.25, -0.2) is 9.18 Å². The molecule has 1 N–H and O–H groups in total. The van der Waals surface area contributed by atoms with E-state index in [0.29, 0.717) is 0 Å². The van der Waals surface area contributed by atoms with Gasteiger partial charge < -0.3 is 9.64 Å². The number of ether oxygens (including phenoxy) is 1. The summed E-state index contributed by atoms with van der Waals surface area (Å²) in [6.07, 6.45) is 3.60. The number of rotatable bonds is 4. The van der Waals surface area contributed by atoms with Crippen molar-refractivity contribution >= 4 is 5.97 Å². The molecule has 19 heavy (non-hydrogen) atoms. The third-order valence-electron chi connectivity index (χ3n) is 3.54. The number of esters is 1. The van der Waals surface area contributed by atoms with Crippen molar-refractivity contribution < 1.29 is 18.8 Å². The van der Waals surface area contributed by atoms with Gasteiger partial charge in [-0.2, -0.15) is 0 Å². The van der Waals surface area contributed by atoms with E-state index in [2.05, 4.69) is 0 Å². The van der Waals surface area contributed by atoms with E-state index in [-0.39, 0.29) is 11.7 Å². The molecule has 1 atom stereocenters. The van der Waals surface area contributed by atoms with Gasteiger partial charge in [-0.3, -0.25) is 0 Å². The van der Waals surface area contributed by atoms with Crippen LogP contribution in [0.5, 0.6) is 0 Å². The van der Waals surface area contributed by atoms with Crippen LogP contribution in [-0.2, 0) is 4.74 Å². The molecule has 104 valence electrons. The van der Waals surface area contributed by atoms with Crippen LogP contribution in [0.4, 0.5) is 4.39 Å². The summed E-state index contributed by atoms with van der Waals surface area (Å²) in [5.74, 6) is -1.09. The normalized spacial score (nSPS) is 18.0. The zero-order valence-corrected chi connectivity index (χ0v) is 11.3. The molecule has 1 saturated heterocycles. The van der Waals surface area contributed by atoms with Crippen molar-refractivity contribution in [3.8, 4) is 0 Å². The lowest BCUT2D eigenvalue weighted by molar-refractivity contribution is -0.907. The number of likely N-dealkylation sites (tertiary alicyclic amines) is 1. The largest absolute Gasteiger partial charge is 0.453 e. The molecule has 0 aromatic heterocycles. The third-order valence-corrected chi connectivity index (χ3v) is 3.54. The number of carbonyl (C=O) groups is 1. The first-order chi connectivity index (χ1) is 9.16. The lowest BCUT2D eigenvalue weighted by Gasteiger charge is -2.26. The average Bonchev–Trinajstić information content (AvgIpc) is 2.40. The molecule has 0 spiro atoms. The molecule has 1 fully saturated rings. The molecule has 4 heteroatoms. The van der Waals surface area contributed by atoms with E-state index in [1.165, 1.54) is 36.3 Å². The second-order valence-corrected chi connectivity index (χ2v) is 5.21. The number of piperidine rings is 1. The number of hydrogen-bond acceptors (Lipinski definition) is 2. The van der Waals surface area contributed by atoms with Crippen LogP contribution in [0.15, 0.2) is 24.3 Å². The highest BCUT2D eigenvalue weighted by atomic mass is 19.1. The van der Waals surface area contributed by atoms with Gasteiger partial charge in [0, 0.05) is 0 Å². The highest BCUT2D eigenvalue weighted by Crippen LogP contribution is 2.09. The van der Waals surface area contributed by atoms with Crippen molar-refractivity contribution in [2.75, 3.05) is 19.6 Å². The maximum atomic E-state index is 13.4. The van der Waals surface area contributed by atoms with E-state index in [0.717, 1.165) is 19.6 Å². The summed E-state index contributed by atoms with van der Waals surface area (Å²) < 4.78 is 18.8. The Kier molecular flexibility index (Phi) is 4.91. The molecule has 0 bridgehead atoms. The van der Waals surface area contributed by atoms with Crippen molar-refractivity contribution in [2.45, 2.75) is 32.3 Å². The molecule has 0 radical (unpaired) electrons. The van der Waals surface area contributed by atoms with E-state index in [1.54, 1.807) is 12.1 Å². The molecular formula is C15H21FNO2+. The molecular weight excluding hydrogens is 245 g/mol. The van der Waals surface area contributed by atoms with Crippen LogP contribution in [-0.4, -0.2) is 31.7 Å². The molecule has 2 rings (SSSR count). The number of nitrogens with one attached hydrogen (secondary N) is 1. The monoisotopic (exact) mass is 266 g/mol. The molecule has 0 saturated carbocycles. The van der Waals surface area contributed by atoms with Gasteiger partial charge in [-0.05, 0) is 38.3 Å². The summed E-state index contributed by atoms with van der Waals surface area (Å²) in [5, 5.41) is 0. The molecule has 1 aromatic rings. The van der Waals surface area contributed by atoms with Gasteiger partial charge in [-0.15, -0.1) is 0 Å². The zero-order chi connectivity index (χ0) is 13.7. The van der Waals surface area contributed by atoms with Crippen molar-refractivity contribution in [2.24, 2.45) is 0 Å². The smallest absolute Gasteiger partial charge is 0.341 e. The van der Waals surface area contributed by atoms with Gasteiger partial charge in [0.1, 0.15) is 18.5 Å². The molecule has 0 amide bonds. The first-order valence-corrected chi connectivity index (χ1v) is 6.96. The quantitative estimate of drug-likeness (QED) is 0.836. The van der Waals surface area contributed by atoms with Crippen LogP contribution >= 0.6 is 0 Å². The Morgan fingerprint density at radius 3 is 2.68 bits per heavy atom. The second kappa shape index (κ2) is 6.66. The molecule has 0 aliphatic carbocycles. The first-order valence-electron chi connectivity index (χ1n) is 6.96. The van der Waals surface area contributed by atoms with Crippen molar-refractivity contribution in [3.63, 3.8) is 0 Å². The van der Waals surface area contributed by atoms with Crippen LogP contribution in [0.3, 0.4) is 0 Å². The van der Waals surface area contributed by atoms with Crippen LogP contribution in [0.25, 0.3) is 0 Å². The Morgan fingerprint density at radius 2 is 2.00 bits per heavy atom. The lowest BCUT2D eigenvalue weighted by atomic mass is 10.1. The van der Waals surface area contributed by atoms with Gasteiger partial charge >= 0.3 is 5.97 Å². The van der Waals surface area contributed by atoms with Crippen LogP contribution in [0.1, 0.15) is 36.5 Å². The van der Waals surface area contributed by atoms with Crippen LogP contribution < -0.4 is 4.90 Å². The van der Waals surface area contributed by atoms with Gasteiger partial charge in [0.15, 0.2) is 0 Å². The Morgan fingerprint density at radius 1 is 1.32 bits per heavy atom. The first kappa shape index (κ1) is 14.0. The zero-order valence-electron chi connectivity index (χ0n) is 11.3. The number of halogens is 1. The van der Waals surface area contributed by atoms with E-state index in [4.69, 9.17) is 4.74 Å². The number of carbonyl (C=O) groups excluding carboxylic acids is 1. The summed E-state index contributed by atoms with van der Waals surface area (Å²) in [6.45, 7) is 4.96. The molecule has 1 heterocycles. The van der Waals surface area contributed by atoms with Gasteiger partial charge in [0.2, 0.25) is 0 Å². The minimum atomic E-state index is -0.568. The summed E-state index contributed by atoms with van der Waals surface area (Å²) in [6, 6.07) is 5.93. The fourth-order valence-electron chi connectivity index (χ4n) is 2.58. The molecule has 1 aliphatic rings. The molecule has 1 aliphatic heterocycles. The van der Waals surface area contributed by atoms with Gasteiger partial charge in [-0.1, -0.05) is 12.1 Å². The third kappa shape index (κ3) is 4.03. The van der Waals surface area contributed by atoms with Crippen molar-refractivity contribution in [1.82, 2.24) is 0 Å². The topological polar surface area (TPSA) is 30.7 Å². The highest BCUT2D eigenvalue weighted by molar-refractivity contribution is 5.89. The minimum Gasteiger partial charge on any atom is -0.453 e. The standard InChI is InChI=1S/C15H20FNO2/c1-12(11-17-9-5-2-6-10-17)19-15(18)13-7-3-4-8-14(13)16/h3-4,7-8,12H,2,5-6,9-11H2,1H3/p+1. The maximum absolute atomic E-state index is 13.4. The number of benzene rings is 1. The molecule has 1 unspecified atom stereocenters. The summed E-state index contributed by atoms with van der Waals surface area (Å²) in [4.78, 5) is 13.3. The van der Waals surface area contributed by atoms with E-state index in [9.17, 15) is 9.18 Å².